The topological polar surface area (TPSA) is 29.3 Å². The second-order valence-corrected chi connectivity index (χ2v) is 5.41. The normalized spacial score (nSPS) is 12.1. The Hall–Kier alpha value is -1.80. The number of benzene rings is 2. The van der Waals surface area contributed by atoms with Crippen LogP contribution < -0.4 is 10.6 Å². The molecule has 0 saturated carbocycles. The smallest absolute Gasteiger partial charge is 0.0459 e. The van der Waals surface area contributed by atoms with Crippen molar-refractivity contribution < 1.29 is 0 Å². The Bertz CT molecular complexity index is 536. The highest BCUT2D eigenvalue weighted by Crippen LogP contribution is 2.32. The van der Waals surface area contributed by atoms with Gasteiger partial charge < -0.3 is 10.6 Å². The van der Waals surface area contributed by atoms with E-state index in [9.17, 15) is 0 Å². The van der Waals surface area contributed by atoms with Crippen LogP contribution in [-0.4, -0.2) is 6.54 Å². The zero-order chi connectivity index (χ0) is 15.1. The summed E-state index contributed by atoms with van der Waals surface area (Å²) in [4.78, 5) is 2.40. The van der Waals surface area contributed by atoms with Crippen molar-refractivity contribution in [3.63, 3.8) is 0 Å². The number of para-hydroxylation sites is 2. The number of anilines is 2. The number of hydrogen-bond donors (Lipinski definition) is 1. The van der Waals surface area contributed by atoms with E-state index in [1.54, 1.807) is 0 Å². The van der Waals surface area contributed by atoms with Crippen molar-refractivity contribution in [3.05, 3.63) is 60.2 Å². The quantitative estimate of drug-likeness (QED) is 0.771. The first-order valence-corrected chi connectivity index (χ1v) is 7.95. The number of rotatable bonds is 7. The molecule has 0 heterocycles. The zero-order valence-electron chi connectivity index (χ0n) is 13.1. The fourth-order valence-corrected chi connectivity index (χ4v) is 2.58. The van der Waals surface area contributed by atoms with Gasteiger partial charge >= 0.3 is 0 Å². The Morgan fingerprint density at radius 1 is 0.952 bits per heavy atom. The van der Waals surface area contributed by atoms with Crippen LogP contribution in [0.1, 0.15) is 44.7 Å². The van der Waals surface area contributed by atoms with E-state index in [0.29, 0.717) is 0 Å². The molecule has 2 aromatic carbocycles. The largest absolute Gasteiger partial charge is 0.341 e. The van der Waals surface area contributed by atoms with Crippen molar-refractivity contribution >= 4 is 11.4 Å². The van der Waals surface area contributed by atoms with Gasteiger partial charge in [0.15, 0.2) is 0 Å². The minimum absolute atomic E-state index is 0.0917. The summed E-state index contributed by atoms with van der Waals surface area (Å²) in [7, 11) is 0. The Morgan fingerprint density at radius 2 is 1.62 bits per heavy atom. The molecule has 0 bridgehead atoms. The van der Waals surface area contributed by atoms with Crippen LogP contribution in [0.2, 0.25) is 0 Å². The summed E-state index contributed by atoms with van der Waals surface area (Å²) >= 11 is 0. The molecule has 2 rings (SSSR count). The summed E-state index contributed by atoms with van der Waals surface area (Å²) in [6.45, 7) is 5.39. The molecule has 112 valence electrons. The Balaban J connectivity index is 2.42. The average molecular weight is 282 g/mol. The van der Waals surface area contributed by atoms with Gasteiger partial charge in [0.25, 0.3) is 0 Å². The summed E-state index contributed by atoms with van der Waals surface area (Å²) < 4.78 is 0. The average Bonchev–Trinajstić information content (AvgIpc) is 2.56. The Labute approximate surface area is 128 Å². The molecule has 0 radical (unpaired) electrons. The standard InChI is InChI=1S/C19H26N2/c1-3-5-15-21(16-11-7-6-8-12-16)19-14-10-9-13-17(19)18(20)4-2/h6-14,18H,3-5,15,20H2,1-2H3. The Morgan fingerprint density at radius 3 is 2.29 bits per heavy atom. The zero-order valence-corrected chi connectivity index (χ0v) is 13.1. The third-order valence-corrected chi connectivity index (χ3v) is 3.87. The molecular formula is C19H26N2. The lowest BCUT2D eigenvalue weighted by Gasteiger charge is -2.29. The number of nitrogens with two attached hydrogens (primary N) is 1. The summed E-state index contributed by atoms with van der Waals surface area (Å²) in [5.74, 6) is 0. The van der Waals surface area contributed by atoms with E-state index >= 15 is 0 Å². The SMILES string of the molecule is CCCCN(c1ccccc1)c1ccccc1C(N)CC. The molecule has 2 N–H and O–H groups in total. The van der Waals surface area contributed by atoms with Crippen LogP contribution in [0.3, 0.4) is 0 Å². The van der Waals surface area contributed by atoms with Crippen LogP contribution >= 0.6 is 0 Å². The number of unbranched alkanes of at least 4 members (excludes halogenated alkanes) is 1. The van der Waals surface area contributed by atoms with Crippen LogP contribution in [0.15, 0.2) is 54.6 Å². The molecule has 21 heavy (non-hydrogen) atoms. The van der Waals surface area contributed by atoms with Crippen molar-refractivity contribution in [3.8, 4) is 0 Å². The van der Waals surface area contributed by atoms with Crippen LogP contribution in [0.25, 0.3) is 0 Å². The molecule has 2 aromatic rings. The van der Waals surface area contributed by atoms with Gasteiger partial charge in [-0.3, -0.25) is 0 Å². The first-order chi connectivity index (χ1) is 10.3. The van der Waals surface area contributed by atoms with Gasteiger partial charge in [-0.2, -0.15) is 0 Å². The van der Waals surface area contributed by atoms with Crippen molar-refractivity contribution in [2.45, 2.75) is 39.2 Å². The summed E-state index contributed by atoms with van der Waals surface area (Å²) in [6, 6.07) is 19.2. The molecule has 1 unspecified atom stereocenters. The summed E-state index contributed by atoms with van der Waals surface area (Å²) in [5, 5.41) is 0. The van der Waals surface area contributed by atoms with Crippen LogP contribution in [0, 0.1) is 0 Å². The lowest BCUT2D eigenvalue weighted by molar-refractivity contribution is 0.693. The molecule has 0 aliphatic rings. The maximum absolute atomic E-state index is 6.31. The molecule has 0 saturated heterocycles. The molecule has 0 aliphatic carbocycles. The van der Waals surface area contributed by atoms with Crippen molar-refractivity contribution in [2.75, 3.05) is 11.4 Å². The van der Waals surface area contributed by atoms with E-state index in [1.165, 1.54) is 29.8 Å². The van der Waals surface area contributed by atoms with Crippen LogP contribution in [0.5, 0.6) is 0 Å². The van der Waals surface area contributed by atoms with Crippen molar-refractivity contribution in [1.29, 1.82) is 0 Å². The molecule has 0 fully saturated rings. The molecule has 0 aromatic heterocycles. The van der Waals surface area contributed by atoms with Crippen molar-refractivity contribution in [1.82, 2.24) is 0 Å². The second-order valence-electron chi connectivity index (χ2n) is 5.41. The number of nitrogens with zero attached hydrogens (tertiary/aromatic N) is 1. The van der Waals surface area contributed by atoms with Crippen molar-refractivity contribution in [2.24, 2.45) is 5.73 Å². The molecule has 0 spiro atoms. The van der Waals surface area contributed by atoms with Gasteiger partial charge in [0.1, 0.15) is 0 Å². The molecule has 0 aliphatic heterocycles. The predicted octanol–water partition coefficient (Wildman–Crippen LogP) is 5.03. The molecule has 2 heteroatoms. The van der Waals surface area contributed by atoms with Gasteiger partial charge in [0.2, 0.25) is 0 Å². The van der Waals surface area contributed by atoms with Crippen LogP contribution in [-0.2, 0) is 0 Å². The van der Waals surface area contributed by atoms with E-state index in [2.05, 4.69) is 73.3 Å². The highest BCUT2D eigenvalue weighted by molar-refractivity contribution is 5.67. The van der Waals surface area contributed by atoms with E-state index in [4.69, 9.17) is 5.73 Å². The lowest BCUT2D eigenvalue weighted by atomic mass is 10.0. The van der Waals surface area contributed by atoms with E-state index in [1.807, 2.05) is 0 Å². The minimum atomic E-state index is 0.0917. The minimum Gasteiger partial charge on any atom is -0.341 e. The monoisotopic (exact) mass is 282 g/mol. The molecule has 1 atom stereocenters. The fraction of sp³-hybridized carbons (Fsp3) is 0.368. The molecular weight excluding hydrogens is 256 g/mol. The maximum atomic E-state index is 6.31. The van der Waals surface area contributed by atoms with Gasteiger partial charge in [-0.05, 0) is 36.6 Å². The highest BCUT2D eigenvalue weighted by Gasteiger charge is 2.15. The predicted molar refractivity (Wildman–Crippen MR) is 92.0 cm³/mol. The van der Waals surface area contributed by atoms with Gasteiger partial charge in [-0.15, -0.1) is 0 Å². The fourth-order valence-electron chi connectivity index (χ4n) is 2.58. The second kappa shape index (κ2) is 7.84. The third kappa shape index (κ3) is 3.85. The van der Waals surface area contributed by atoms with Gasteiger partial charge in [0, 0.05) is 24.0 Å². The van der Waals surface area contributed by atoms with E-state index in [-0.39, 0.29) is 6.04 Å². The van der Waals surface area contributed by atoms with Gasteiger partial charge in [-0.25, -0.2) is 0 Å². The summed E-state index contributed by atoms with van der Waals surface area (Å²) in [6.07, 6.45) is 3.31. The highest BCUT2D eigenvalue weighted by atomic mass is 15.1. The van der Waals surface area contributed by atoms with E-state index < -0.39 is 0 Å². The maximum Gasteiger partial charge on any atom is 0.0459 e. The van der Waals surface area contributed by atoms with E-state index in [0.717, 1.165) is 13.0 Å². The molecule has 2 nitrogen and oxygen atoms in total. The van der Waals surface area contributed by atoms with Gasteiger partial charge in [-0.1, -0.05) is 56.7 Å². The molecule has 0 amide bonds. The third-order valence-electron chi connectivity index (χ3n) is 3.87. The summed E-state index contributed by atoms with van der Waals surface area (Å²) in [5.41, 5.74) is 10.0. The number of hydrogen-bond acceptors (Lipinski definition) is 2. The lowest BCUT2D eigenvalue weighted by Crippen LogP contribution is -2.22. The van der Waals surface area contributed by atoms with Crippen LogP contribution in [0.4, 0.5) is 11.4 Å². The first kappa shape index (κ1) is 15.6. The Kier molecular flexibility index (Phi) is 5.82. The van der Waals surface area contributed by atoms with Gasteiger partial charge in [0.05, 0.1) is 0 Å². The first-order valence-electron chi connectivity index (χ1n) is 7.95.